The maximum atomic E-state index is 13.1. The van der Waals surface area contributed by atoms with Crippen LogP contribution in [0.5, 0.6) is 5.75 Å². The standard InChI is InChI=1S/C21H19ClN4O2S/c22-17-7-4-15(5-8-17)20(27)25-10-11-29-21-24-23-19(26(21)25)13-28-18-9-6-14-2-1-3-16(14)12-18/h4-9,12H,1-3,10-11,13H2. The largest absolute Gasteiger partial charge is 0.486 e. The molecule has 0 bridgehead atoms. The van der Waals surface area contributed by atoms with E-state index in [9.17, 15) is 4.79 Å². The minimum absolute atomic E-state index is 0.109. The lowest BCUT2D eigenvalue weighted by atomic mass is 10.1. The molecule has 0 radical (unpaired) electrons. The molecule has 1 aliphatic carbocycles. The summed E-state index contributed by atoms with van der Waals surface area (Å²) >= 11 is 7.54. The van der Waals surface area contributed by atoms with E-state index < -0.39 is 0 Å². The molecule has 1 amide bonds. The zero-order valence-electron chi connectivity index (χ0n) is 15.7. The van der Waals surface area contributed by atoms with Crippen molar-refractivity contribution in [3.63, 3.8) is 0 Å². The van der Waals surface area contributed by atoms with Gasteiger partial charge in [-0.05, 0) is 66.8 Å². The Labute approximate surface area is 177 Å². The van der Waals surface area contributed by atoms with Gasteiger partial charge in [-0.25, -0.2) is 9.69 Å². The number of halogens is 1. The number of aromatic nitrogens is 3. The Bertz CT molecular complexity index is 1070. The predicted octanol–water partition coefficient (Wildman–Crippen LogP) is 3.88. The van der Waals surface area contributed by atoms with Crippen molar-refractivity contribution in [2.75, 3.05) is 17.3 Å². The maximum absolute atomic E-state index is 13.1. The van der Waals surface area contributed by atoms with Crippen LogP contribution in [-0.4, -0.2) is 33.1 Å². The lowest BCUT2D eigenvalue weighted by Gasteiger charge is -2.29. The van der Waals surface area contributed by atoms with Gasteiger partial charge in [-0.1, -0.05) is 29.4 Å². The molecular weight excluding hydrogens is 408 g/mol. The molecule has 0 N–H and O–H groups in total. The minimum Gasteiger partial charge on any atom is -0.486 e. The highest BCUT2D eigenvalue weighted by Crippen LogP contribution is 2.28. The van der Waals surface area contributed by atoms with Crippen molar-refractivity contribution in [2.24, 2.45) is 0 Å². The van der Waals surface area contributed by atoms with Gasteiger partial charge in [0.15, 0.2) is 5.82 Å². The molecule has 0 atom stereocenters. The molecule has 2 heterocycles. The summed E-state index contributed by atoms with van der Waals surface area (Å²) in [5.41, 5.74) is 3.35. The van der Waals surface area contributed by atoms with Crippen molar-refractivity contribution in [2.45, 2.75) is 31.0 Å². The molecule has 0 unspecified atom stereocenters. The van der Waals surface area contributed by atoms with Gasteiger partial charge in [0.1, 0.15) is 12.4 Å². The van der Waals surface area contributed by atoms with E-state index in [2.05, 4.69) is 22.3 Å². The second-order valence-electron chi connectivity index (χ2n) is 7.07. The van der Waals surface area contributed by atoms with Gasteiger partial charge in [0.25, 0.3) is 5.91 Å². The SMILES string of the molecule is O=C(c1ccc(Cl)cc1)N1CCSc2nnc(COc3ccc4c(c3)CCC4)n21. The molecule has 0 saturated heterocycles. The Balaban J connectivity index is 1.38. The smallest absolute Gasteiger partial charge is 0.272 e. The molecule has 1 aliphatic heterocycles. The predicted molar refractivity (Wildman–Crippen MR) is 112 cm³/mol. The second kappa shape index (κ2) is 7.72. The first-order chi connectivity index (χ1) is 14.2. The number of carbonyl (C=O) groups excluding carboxylic acids is 1. The third-order valence-electron chi connectivity index (χ3n) is 5.22. The first-order valence-electron chi connectivity index (χ1n) is 9.58. The molecule has 3 aromatic rings. The van der Waals surface area contributed by atoms with E-state index in [1.54, 1.807) is 45.7 Å². The summed E-state index contributed by atoms with van der Waals surface area (Å²) in [6.45, 7) is 0.819. The van der Waals surface area contributed by atoms with Crippen molar-refractivity contribution in [1.29, 1.82) is 0 Å². The van der Waals surface area contributed by atoms with E-state index in [4.69, 9.17) is 16.3 Å². The monoisotopic (exact) mass is 426 g/mol. The first-order valence-corrected chi connectivity index (χ1v) is 10.9. The molecule has 2 aliphatic rings. The molecule has 5 rings (SSSR count). The highest BCUT2D eigenvalue weighted by atomic mass is 35.5. The van der Waals surface area contributed by atoms with E-state index in [0.717, 1.165) is 24.3 Å². The number of benzene rings is 2. The summed E-state index contributed by atoms with van der Waals surface area (Å²) in [6.07, 6.45) is 3.45. The number of fused-ring (bicyclic) bond motifs is 2. The van der Waals surface area contributed by atoms with Gasteiger partial charge in [-0.3, -0.25) is 4.79 Å². The highest BCUT2D eigenvalue weighted by Gasteiger charge is 2.28. The van der Waals surface area contributed by atoms with E-state index in [-0.39, 0.29) is 12.5 Å². The van der Waals surface area contributed by atoms with Gasteiger partial charge < -0.3 is 4.74 Å². The third kappa shape index (κ3) is 3.60. The lowest BCUT2D eigenvalue weighted by molar-refractivity contribution is 0.0953. The zero-order valence-corrected chi connectivity index (χ0v) is 17.2. The number of ether oxygens (including phenoxy) is 1. The molecule has 0 fully saturated rings. The van der Waals surface area contributed by atoms with Crippen LogP contribution in [0.25, 0.3) is 0 Å². The molecule has 0 spiro atoms. The molecule has 8 heteroatoms. The van der Waals surface area contributed by atoms with Crippen molar-refractivity contribution in [1.82, 2.24) is 14.9 Å². The maximum Gasteiger partial charge on any atom is 0.272 e. The summed E-state index contributed by atoms with van der Waals surface area (Å²) in [5.74, 6) is 2.09. The number of hydrogen-bond donors (Lipinski definition) is 0. The minimum atomic E-state index is -0.109. The normalized spacial score (nSPS) is 15.1. The molecule has 1 aromatic heterocycles. The average molecular weight is 427 g/mol. The highest BCUT2D eigenvalue weighted by molar-refractivity contribution is 7.99. The summed E-state index contributed by atoms with van der Waals surface area (Å²) < 4.78 is 7.78. The van der Waals surface area contributed by atoms with Crippen LogP contribution in [0.3, 0.4) is 0 Å². The fraction of sp³-hybridized carbons (Fsp3) is 0.286. The number of hydrogen-bond acceptors (Lipinski definition) is 5. The van der Waals surface area contributed by atoms with Gasteiger partial charge >= 0.3 is 0 Å². The average Bonchev–Trinajstić information content (AvgIpc) is 3.38. The summed E-state index contributed by atoms with van der Waals surface area (Å²) in [7, 11) is 0. The van der Waals surface area contributed by atoms with Gasteiger partial charge in [0.05, 0.1) is 6.54 Å². The third-order valence-corrected chi connectivity index (χ3v) is 6.37. The summed E-state index contributed by atoms with van der Waals surface area (Å²) in [5, 5.41) is 11.5. The van der Waals surface area contributed by atoms with Crippen LogP contribution in [0.2, 0.25) is 5.02 Å². The van der Waals surface area contributed by atoms with E-state index in [1.807, 2.05) is 6.07 Å². The molecular formula is C21H19ClN4O2S. The van der Waals surface area contributed by atoms with E-state index in [0.29, 0.717) is 28.1 Å². The number of nitrogens with zero attached hydrogens (tertiary/aromatic N) is 4. The van der Waals surface area contributed by atoms with E-state index >= 15 is 0 Å². The molecule has 6 nitrogen and oxygen atoms in total. The van der Waals surface area contributed by atoms with E-state index in [1.165, 1.54) is 17.5 Å². The van der Waals surface area contributed by atoms with Gasteiger partial charge in [-0.2, -0.15) is 0 Å². The van der Waals surface area contributed by atoms with Crippen LogP contribution in [0.4, 0.5) is 0 Å². The van der Waals surface area contributed by atoms with Crippen LogP contribution >= 0.6 is 23.4 Å². The summed E-state index contributed by atoms with van der Waals surface area (Å²) in [4.78, 5) is 13.1. The summed E-state index contributed by atoms with van der Waals surface area (Å²) in [6, 6.07) is 13.2. The number of aryl methyl sites for hydroxylation is 2. The van der Waals surface area contributed by atoms with Crippen molar-refractivity contribution >= 4 is 29.3 Å². The van der Waals surface area contributed by atoms with Crippen molar-refractivity contribution in [3.8, 4) is 5.75 Å². The van der Waals surface area contributed by atoms with Crippen LogP contribution in [-0.2, 0) is 19.4 Å². The van der Waals surface area contributed by atoms with Gasteiger partial charge in [-0.15, -0.1) is 10.2 Å². The topological polar surface area (TPSA) is 60.3 Å². The Morgan fingerprint density at radius 3 is 2.79 bits per heavy atom. The van der Waals surface area contributed by atoms with Crippen LogP contribution in [0, 0.1) is 0 Å². The number of thioether (sulfide) groups is 1. The number of carbonyl (C=O) groups is 1. The Hall–Kier alpha value is -2.51. The fourth-order valence-electron chi connectivity index (χ4n) is 3.76. The van der Waals surface area contributed by atoms with Gasteiger partial charge in [0, 0.05) is 16.3 Å². The Kier molecular flexibility index (Phi) is 4.93. The Morgan fingerprint density at radius 2 is 1.93 bits per heavy atom. The fourth-order valence-corrected chi connectivity index (χ4v) is 4.76. The zero-order chi connectivity index (χ0) is 19.8. The van der Waals surface area contributed by atoms with Gasteiger partial charge in [0.2, 0.25) is 5.16 Å². The number of rotatable bonds is 4. The Morgan fingerprint density at radius 1 is 1.10 bits per heavy atom. The first kappa shape index (κ1) is 18.5. The van der Waals surface area contributed by atoms with Crippen LogP contribution < -0.4 is 9.75 Å². The quantitative estimate of drug-likeness (QED) is 0.633. The van der Waals surface area contributed by atoms with Crippen molar-refractivity contribution in [3.05, 3.63) is 70.0 Å². The molecule has 148 valence electrons. The lowest BCUT2D eigenvalue weighted by Crippen LogP contribution is -2.45. The second-order valence-corrected chi connectivity index (χ2v) is 8.57. The molecule has 0 saturated carbocycles. The molecule has 2 aromatic carbocycles. The van der Waals surface area contributed by atoms with Crippen LogP contribution in [0.1, 0.15) is 33.7 Å². The van der Waals surface area contributed by atoms with Crippen molar-refractivity contribution < 1.29 is 9.53 Å². The molecule has 29 heavy (non-hydrogen) atoms. The van der Waals surface area contributed by atoms with Crippen LogP contribution in [0.15, 0.2) is 47.6 Å². The number of amides is 1.